The van der Waals surface area contributed by atoms with Crippen molar-refractivity contribution in [1.82, 2.24) is 0 Å². The lowest BCUT2D eigenvalue weighted by molar-refractivity contribution is -0.385. The van der Waals surface area contributed by atoms with Gasteiger partial charge in [0.05, 0.1) is 40.8 Å². The van der Waals surface area contributed by atoms with Crippen molar-refractivity contribution >= 4 is 40.3 Å². The maximum Gasteiger partial charge on any atom is 0.270 e. The molecule has 0 spiro atoms. The van der Waals surface area contributed by atoms with E-state index in [0.717, 1.165) is 5.56 Å². The molecule has 0 aliphatic heterocycles. The summed E-state index contributed by atoms with van der Waals surface area (Å²) < 4.78 is 10.7. The Hall–Kier alpha value is -8.07. The molecule has 15 heteroatoms. The van der Waals surface area contributed by atoms with E-state index in [4.69, 9.17) is 9.47 Å². The number of carbonyl (C=O) groups is 3. The number of phenolic OH excluding ortho intramolecular Hbond substituents is 2. The lowest BCUT2D eigenvalue weighted by Gasteiger charge is -2.15. The largest absolute Gasteiger partial charge is 0.507 e. The number of nitro groups is 2. The monoisotopic (exact) mass is 798 g/mol. The SMILES string of the molecule is COc1ccc(C(=O)c2ccc(NC(C)=O)cc2)c(O)c1-c1cccc([N+](=O)[O-])c1.COc1ccc(Cc2ccc(NC(C)=O)cc2)c(O)c1-c1cccc([N+](=O)[O-])c1. The highest BCUT2D eigenvalue weighted by Gasteiger charge is 2.23. The molecule has 4 N–H and O–H groups in total. The molecule has 300 valence electrons. The van der Waals surface area contributed by atoms with Crippen LogP contribution in [0, 0.1) is 20.2 Å². The Morgan fingerprint density at radius 3 is 1.53 bits per heavy atom. The predicted octanol–water partition coefficient (Wildman–Crippen LogP) is 8.69. The van der Waals surface area contributed by atoms with Gasteiger partial charge in [0.15, 0.2) is 5.78 Å². The molecule has 0 aliphatic rings. The molecule has 6 aromatic rings. The molecule has 0 aliphatic carbocycles. The zero-order chi connectivity index (χ0) is 42.8. The summed E-state index contributed by atoms with van der Waals surface area (Å²) in [7, 11) is 2.88. The molecule has 15 nitrogen and oxygen atoms in total. The number of nitrogens with zero attached hydrogens (tertiary/aromatic N) is 2. The van der Waals surface area contributed by atoms with Gasteiger partial charge in [0, 0.05) is 61.5 Å². The normalized spacial score (nSPS) is 10.4. The van der Waals surface area contributed by atoms with E-state index in [1.165, 1.54) is 82.7 Å². The standard InChI is InChI=1S/C22H18N2O6.C22H20N2O5/c1-13(25)23-16-8-6-14(7-9-16)21(26)18-10-11-19(30-2)20(22(18)27)15-4-3-5-17(12-15)24(28)29;1-14(25)23-18-9-6-15(7-10-18)12-17-8-11-20(29-2)21(22(17)26)16-4-3-5-19(13-16)24(27)28/h3-12,27H,1-2H3,(H,23,25);3-11,13,26H,12H2,1-2H3,(H,23,25). The fourth-order valence-corrected chi connectivity index (χ4v) is 6.16. The number of methoxy groups -OCH3 is 2. The van der Waals surface area contributed by atoms with Gasteiger partial charge in [0.2, 0.25) is 11.8 Å². The van der Waals surface area contributed by atoms with Gasteiger partial charge in [-0.25, -0.2) is 0 Å². The highest BCUT2D eigenvalue weighted by molar-refractivity contribution is 6.12. The fourth-order valence-electron chi connectivity index (χ4n) is 6.16. The minimum absolute atomic E-state index is 0.00999. The maximum absolute atomic E-state index is 13.0. The summed E-state index contributed by atoms with van der Waals surface area (Å²) in [5.41, 5.74) is 4.34. The Morgan fingerprint density at radius 1 is 0.610 bits per heavy atom. The van der Waals surface area contributed by atoms with Crippen LogP contribution in [-0.4, -0.2) is 51.9 Å². The summed E-state index contributed by atoms with van der Waals surface area (Å²) in [6.45, 7) is 2.82. The molecule has 0 atom stereocenters. The summed E-state index contributed by atoms with van der Waals surface area (Å²) in [5.74, 6) is -0.466. The average molecular weight is 799 g/mol. The smallest absolute Gasteiger partial charge is 0.270 e. The van der Waals surface area contributed by atoms with Gasteiger partial charge in [0.1, 0.15) is 23.0 Å². The number of nitro benzene ring substituents is 2. The fraction of sp³-hybridized carbons (Fsp3) is 0.114. The number of amides is 2. The van der Waals surface area contributed by atoms with Crippen molar-refractivity contribution in [3.05, 3.63) is 164 Å². The minimum atomic E-state index is -0.543. The number of aromatic hydroxyl groups is 2. The molecule has 0 bridgehead atoms. The summed E-state index contributed by atoms with van der Waals surface area (Å²) in [4.78, 5) is 56.4. The molecule has 6 rings (SSSR count). The number of non-ortho nitro benzene ring substituents is 2. The molecule has 0 heterocycles. The Kier molecular flexibility index (Phi) is 13.3. The van der Waals surface area contributed by atoms with E-state index in [0.29, 0.717) is 51.4 Å². The number of ketones is 1. The van der Waals surface area contributed by atoms with E-state index < -0.39 is 15.6 Å². The summed E-state index contributed by atoms with van der Waals surface area (Å²) in [6, 6.07) is 31.7. The van der Waals surface area contributed by atoms with Crippen molar-refractivity contribution < 1.29 is 43.9 Å². The molecule has 0 saturated carbocycles. The summed E-state index contributed by atoms with van der Waals surface area (Å²) >= 11 is 0. The second kappa shape index (κ2) is 18.7. The number of benzene rings is 6. The van der Waals surface area contributed by atoms with Crippen LogP contribution in [0.15, 0.2) is 121 Å². The van der Waals surface area contributed by atoms with Gasteiger partial charge in [-0.1, -0.05) is 42.5 Å². The second-order valence-electron chi connectivity index (χ2n) is 12.9. The number of nitrogens with one attached hydrogen (secondary N) is 2. The van der Waals surface area contributed by atoms with Crippen LogP contribution in [0.25, 0.3) is 22.3 Å². The predicted molar refractivity (Wildman–Crippen MR) is 221 cm³/mol. The number of rotatable bonds is 12. The van der Waals surface area contributed by atoms with Crippen LogP contribution in [0.1, 0.15) is 40.9 Å². The van der Waals surface area contributed by atoms with E-state index in [-0.39, 0.29) is 51.6 Å². The topological polar surface area (TPSA) is 220 Å². The van der Waals surface area contributed by atoms with Crippen LogP contribution >= 0.6 is 0 Å². The Bertz CT molecular complexity index is 2560. The van der Waals surface area contributed by atoms with Crippen molar-refractivity contribution in [3.8, 4) is 45.3 Å². The average Bonchev–Trinajstić information content (AvgIpc) is 3.22. The van der Waals surface area contributed by atoms with Crippen LogP contribution in [0.5, 0.6) is 23.0 Å². The van der Waals surface area contributed by atoms with Gasteiger partial charge in [-0.05, 0) is 76.9 Å². The molecule has 0 radical (unpaired) electrons. The quantitative estimate of drug-likeness (QED) is 0.0521. The molecular formula is C44H38N4O11. The lowest BCUT2D eigenvalue weighted by Crippen LogP contribution is -2.07. The number of anilines is 2. The first kappa shape index (κ1) is 42.1. The van der Waals surface area contributed by atoms with Crippen molar-refractivity contribution in [1.29, 1.82) is 0 Å². The van der Waals surface area contributed by atoms with Crippen LogP contribution < -0.4 is 20.1 Å². The van der Waals surface area contributed by atoms with Gasteiger partial charge in [-0.15, -0.1) is 0 Å². The molecular weight excluding hydrogens is 761 g/mol. The third-order valence-corrected chi connectivity index (χ3v) is 8.88. The van der Waals surface area contributed by atoms with E-state index in [1.807, 2.05) is 12.1 Å². The number of phenols is 2. The van der Waals surface area contributed by atoms with E-state index in [2.05, 4.69) is 10.6 Å². The Morgan fingerprint density at radius 2 is 1.07 bits per heavy atom. The van der Waals surface area contributed by atoms with Gasteiger partial charge >= 0.3 is 0 Å². The lowest BCUT2D eigenvalue weighted by atomic mass is 9.95. The van der Waals surface area contributed by atoms with Crippen molar-refractivity contribution in [2.45, 2.75) is 20.3 Å². The third-order valence-electron chi connectivity index (χ3n) is 8.88. The molecule has 59 heavy (non-hydrogen) atoms. The zero-order valence-corrected chi connectivity index (χ0v) is 32.2. The van der Waals surface area contributed by atoms with E-state index in [9.17, 15) is 44.8 Å². The maximum atomic E-state index is 13.0. The van der Waals surface area contributed by atoms with Crippen molar-refractivity contribution in [2.24, 2.45) is 0 Å². The van der Waals surface area contributed by atoms with Gasteiger partial charge < -0.3 is 30.3 Å². The molecule has 0 saturated heterocycles. The summed E-state index contributed by atoms with van der Waals surface area (Å²) in [5, 5.41) is 49.3. The highest BCUT2D eigenvalue weighted by atomic mass is 16.6. The van der Waals surface area contributed by atoms with Crippen molar-refractivity contribution in [3.63, 3.8) is 0 Å². The number of ether oxygens (including phenoxy) is 2. The van der Waals surface area contributed by atoms with Crippen LogP contribution in [-0.2, 0) is 16.0 Å². The molecule has 0 aromatic heterocycles. The number of hydrogen-bond acceptors (Lipinski definition) is 11. The van der Waals surface area contributed by atoms with Crippen molar-refractivity contribution in [2.75, 3.05) is 24.9 Å². The first-order valence-electron chi connectivity index (χ1n) is 17.8. The van der Waals surface area contributed by atoms with Crippen LogP contribution in [0.2, 0.25) is 0 Å². The molecule has 6 aromatic carbocycles. The number of carbonyl (C=O) groups excluding carboxylic acids is 3. The zero-order valence-electron chi connectivity index (χ0n) is 32.2. The molecule has 0 unspecified atom stereocenters. The van der Waals surface area contributed by atoms with Crippen LogP contribution in [0.4, 0.5) is 22.7 Å². The third kappa shape index (κ3) is 10.2. The second-order valence-corrected chi connectivity index (χ2v) is 12.9. The van der Waals surface area contributed by atoms with Gasteiger partial charge in [-0.3, -0.25) is 34.6 Å². The first-order chi connectivity index (χ1) is 28.2. The Labute approximate surface area is 337 Å². The highest BCUT2D eigenvalue weighted by Crippen LogP contribution is 2.43. The minimum Gasteiger partial charge on any atom is -0.507 e. The number of hydrogen-bond donors (Lipinski definition) is 4. The van der Waals surface area contributed by atoms with Crippen LogP contribution in [0.3, 0.4) is 0 Å². The Balaban J connectivity index is 0.000000224. The molecule has 0 fully saturated rings. The van der Waals surface area contributed by atoms with E-state index in [1.54, 1.807) is 54.6 Å². The first-order valence-corrected chi connectivity index (χ1v) is 17.8. The van der Waals surface area contributed by atoms with Gasteiger partial charge in [0.25, 0.3) is 11.4 Å². The van der Waals surface area contributed by atoms with E-state index >= 15 is 0 Å². The molecule has 2 amide bonds. The summed E-state index contributed by atoms with van der Waals surface area (Å²) in [6.07, 6.45) is 0.443. The van der Waals surface area contributed by atoms with Gasteiger partial charge in [-0.2, -0.15) is 0 Å².